The maximum atomic E-state index is 10.2. The number of hydrogen-bond donors (Lipinski definition) is 1. The van der Waals surface area contributed by atoms with Crippen molar-refractivity contribution in [2.75, 3.05) is 0 Å². The van der Waals surface area contributed by atoms with Crippen molar-refractivity contribution in [1.29, 1.82) is 0 Å². The first-order chi connectivity index (χ1) is 6.93. The van der Waals surface area contributed by atoms with Crippen molar-refractivity contribution in [1.82, 2.24) is 0 Å². The predicted molar refractivity (Wildman–Crippen MR) is 65.8 cm³/mol. The Kier molecular flexibility index (Phi) is 4.64. The van der Waals surface area contributed by atoms with Crippen molar-refractivity contribution < 1.29 is 5.11 Å². The zero-order valence-corrected chi connectivity index (χ0v) is 10.9. The Morgan fingerprint density at radius 1 is 1.27 bits per heavy atom. The van der Waals surface area contributed by atoms with Crippen molar-refractivity contribution >= 4 is 0 Å². The summed E-state index contributed by atoms with van der Waals surface area (Å²) in [6.45, 7) is 9.14. The molecule has 1 heteroatoms. The molecule has 0 aromatic heterocycles. The van der Waals surface area contributed by atoms with E-state index in [9.17, 15) is 5.11 Å². The molecule has 2 atom stereocenters. The number of aliphatic hydroxyl groups excluding tert-OH is 1. The minimum Gasteiger partial charge on any atom is -0.393 e. The molecule has 0 aromatic rings. The van der Waals surface area contributed by atoms with E-state index in [1.54, 1.807) is 0 Å². The molecule has 1 rings (SSSR count). The molecule has 0 spiro atoms. The predicted octanol–water partition coefficient (Wildman–Crippen LogP) is 4.00. The van der Waals surface area contributed by atoms with Crippen molar-refractivity contribution in [2.24, 2.45) is 17.3 Å². The van der Waals surface area contributed by atoms with Crippen LogP contribution in [0.5, 0.6) is 0 Å². The summed E-state index contributed by atoms with van der Waals surface area (Å²) >= 11 is 0. The van der Waals surface area contributed by atoms with E-state index in [2.05, 4.69) is 27.7 Å². The Morgan fingerprint density at radius 3 is 2.40 bits per heavy atom. The molecule has 1 N–H and O–H groups in total. The van der Waals surface area contributed by atoms with Crippen LogP contribution in [0.1, 0.15) is 66.2 Å². The third-order valence-corrected chi connectivity index (χ3v) is 4.09. The number of aliphatic hydroxyl groups is 1. The molecule has 0 amide bonds. The fourth-order valence-electron chi connectivity index (χ4n) is 3.00. The van der Waals surface area contributed by atoms with Gasteiger partial charge in [0.25, 0.3) is 0 Å². The lowest BCUT2D eigenvalue weighted by Gasteiger charge is -2.31. The van der Waals surface area contributed by atoms with Crippen LogP contribution >= 0.6 is 0 Å². The molecule has 0 radical (unpaired) electrons. The van der Waals surface area contributed by atoms with Crippen LogP contribution < -0.4 is 0 Å². The molecule has 1 aliphatic carbocycles. The largest absolute Gasteiger partial charge is 0.393 e. The Labute approximate surface area is 95.3 Å². The molecule has 0 saturated heterocycles. The lowest BCUT2D eigenvalue weighted by Crippen LogP contribution is -2.29. The lowest BCUT2D eigenvalue weighted by atomic mass is 9.77. The van der Waals surface area contributed by atoms with Crippen LogP contribution in [0.4, 0.5) is 0 Å². The summed E-state index contributed by atoms with van der Waals surface area (Å²) in [5.41, 5.74) is 0.372. The van der Waals surface area contributed by atoms with E-state index >= 15 is 0 Å². The molecule has 1 fully saturated rings. The Balaban J connectivity index is 2.30. The monoisotopic (exact) mass is 212 g/mol. The smallest absolute Gasteiger partial charge is 0.0573 e. The third-order valence-electron chi connectivity index (χ3n) is 4.09. The van der Waals surface area contributed by atoms with E-state index in [1.165, 1.54) is 32.1 Å². The summed E-state index contributed by atoms with van der Waals surface area (Å²) in [5, 5.41) is 10.2. The summed E-state index contributed by atoms with van der Waals surface area (Å²) in [5.74, 6) is 1.32. The highest BCUT2D eigenvalue weighted by molar-refractivity contribution is 4.88. The first kappa shape index (κ1) is 13.0. The highest BCUT2D eigenvalue weighted by Crippen LogP contribution is 2.45. The highest BCUT2D eigenvalue weighted by Gasteiger charge is 2.38. The van der Waals surface area contributed by atoms with Gasteiger partial charge >= 0.3 is 0 Å². The average Bonchev–Trinajstić information content (AvgIpc) is 2.44. The molecule has 90 valence electrons. The van der Waals surface area contributed by atoms with Gasteiger partial charge in [0, 0.05) is 0 Å². The minimum absolute atomic E-state index is 0.0544. The van der Waals surface area contributed by atoms with Crippen molar-refractivity contribution in [2.45, 2.75) is 72.3 Å². The van der Waals surface area contributed by atoms with Crippen LogP contribution in [-0.2, 0) is 0 Å². The summed E-state index contributed by atoms with van der Waals surface area (Å²) in [6, 6.07) is 0. The lowest BCUT2D eigenvalue weighted by molar-refractivity contribution is 0.0450. The average molecular weight is 212 g/mol. The second-order valence-corrected chi connectivity index (χ2v) is 6.38. The van der Waals surface area contributed by atoms with Gasteiger partial charge < -0.3 is 5.11 Å². The Hall–Kier alpha value is -0.0400. The van der Waals surface area contributed by atoms with Crippen molar-refractivity contribution in [3.8, 4) is 0 Å². The van der Waals surface area contributed by atoms with Crippen LogP contribution in [0.2, 0.25) is 0 Å². The maximum absolute atomic E-state index is 10.2. The van der Waals surface area contributed by atoms with E-state index in [4.69, 9.17) is 0 Å². The molecular formula is C14H28O. The summed E-state index contributed by atoms with van der Waals surface area (Å²) in [4.78, 5) is 0. The van der Waals surface area contributed by atoms with Gasteiger partial charge in [0.05, 0.1) is 6.10 Å². The zero-order valence-electron chi connectivity index (χ0n) is 10.9. The first-order valence-electron chi connectivity index (χ1n) is 6.61. The number of hydrogen-bond acceptors (Lipinski definition) is 1. The molecule has 15 heavy (non-hydrogen) atoms. The van der Waals surface area contributed by atoms with Gasteiger partial charge in [0.15, 0.2) is 0 Å². The van der Waals surface area contributed by atoms with Crippen LogP contribution in [0.15, 0.2) is 0 Å². The molecule has 0 bridgehead atoms. The molecule has 1 saturated carbocycles. The zero-order chi connectivity index (χ0) is 11.5. The Bertz CT molecular complexity index is 184. The maximum Gasteiger partial charge on any atom is 0.0573 e. The molecule has 0 heterocycles. The van der Waals surface area contributed by atoms with E-state index in [-0.39, 0.29) is 6.10 Å². The van der Waals surface area contributed by atoms with Crippen molar-refractivity contribution in [3.05, 3.63) is 0 Å². The van der Waals surface area contributed by atoms with Crippen LogP contribution in [0.3, 0.4) is 0 Å². The fraction of sp³-hybridized carbons (Fsp3) is 1.00. The van der Waals surface area contributed by atoms with Crippen molar-refractivity contribution in [3.63, 3.8) is 0 Å². The van der Waals surface area contributed by atoms with Gasteiger partial charge in [-0.15, -0.1) is 0 Å². The van der Waals surface area contributed by atoms with E-state index < -0.39 is 0 Å². The van der Waals surface area contributed by atoms with Gasteiger partial charge in [-0.3, -0.25) is 0 Å². The quantitative estimate of drug-likeness (QED) is 0.730. The van der Waals surface area contributed by atoms with E-state index in [0.29, 0.717) is 11.3 Å². The first-order valence-corrected chi connectivity index (χ1v) is 6.61. The SMILES string of the molecule is CC(C)CCCC(O)C1CCCC1(C)C. The van der Waals surface area contributed by atoms with Gasteiger partial charge in [0.2, 0.25) is 0 Å². The van der Waals surface area contributed by atoms with Crippen LogP contribution in [-0.4, -0.2) is 11.2 Å². The third kappa shape index (κ3) is 3.79. The standard InChI is InChI=1S/C14H28O/c1-11(2)7-5-9-13(15)12-8-6-10-14(12,3)4/h11-13,15H,5-10H2,1-4H3. The molecule has 0 aromatic carbocycles. The molecule has 1 nitrogen and oxygen atoms in total. The highest BCUT2D eigenvalue weighted by atomic mass is 16.3. The second kappa shape index (κ2) is 5.34. The Morgan fingerprint density at radius 2 is 1.93 bits per heavy atom. The van der Waals surface area contributed by atoms with Gasteiger partial charge in [0.1, 0.15) is 0 Å². The minimum atomic E-state index is -0.0544. The number of rotatable bonds is 5. The van der Waals surface area contributed by atoms with E-state index in [1.807, 2.05) is 0 Å². The van der Waals surface area contributed by atoms with Gasteiger partial charge in [-0.25, -0.2) is 0 Å². The van der Waals surface area contributed by atoms with Crippen LogP contribution in [0.25, 0.3) is 0 Å². The summed E-state index contributed by atoms with van der Waals surface area (Å²) in [7, 11) is 0. The second-order valence-electron chi connectivity index (χ2n) is 6.38. The normalized spacial score (nSPS) is 27.2. The van der Waals surface area contributed by atoms with E-state index in [0.717, 1.165) is 12.3 Å². The molecule has 2 unspecified atom stereocenters. The summed E-state index contributed by atoms with van der Waals surface area (Å²) < 4.78 is 0. The van der Waals surface area contributed by atoms with Gasteiger partial charge in [-0.2, -0.15) is 0 Å². The topological polar surface area (TPSA) is 20.2 Å². The van der Waals surface area contributed by atoms with Crippen LogP contribution in [0, 0.1) is 17.3 Å². The summed E-state index contributed by atoms with van der Waals surface area (Å²) in [6.07, 6.45) is 7.22. The van der Waals surface area contributed by atoms with Gasteiger partial charge in [-0.05, 0) is 36.5 Å². The fourth-order valence-corrected chi connectivity index (χ4v) is 3.00. The molecule has 1 aliphatic rings. The molecular weight excluding hydrogens is 184 g/mol. The molecule has 0 aliphatic heterocycles. The van der Waals surface area contributed by atoms with Gasteiger partial charge in [-0.1, -0.05) is 47.0 Å².